The normalized spacial score (nSPS) is 12.5. The van der Waals surface area contributed by atoms with Crippen LogP contribution in [0.4, 0.5) is 0 Å². The molecule has 0 aliphatic heterocycles. The average Bonchev–Trinajstić information content (AvgIpc) is 2.26. The van der Waals surface area contributed by atoms with Gasteiger partial charge in [0, 0.05) is 13.2 Å². The SMILES string of the molecule is CCO[C@H](CN)c1ccc(OC)cc1. The number of hydrogen-bond acceptors (Lipinski definition) is 3. The second-order valence-corrected chi connectivity index (χ2v) is 2.95. The Morgan fingerprint density at radius 1 is 1.29 bits per heavy atom. The van der Waals surface area contributed by atoms with Gasteiger partial charge in [-0.25, -0.2) is 0 Å². The largest absolute Gasteiger partial charge is 0.497 e. The molecule has 3 heteroatoms. The van der Waals surface area contributed by atoms with Crippen molar-refractivity contribution in [3.63, 3.8) is 0 Å². The average molecular weight is 195 g/mol. The van der Waals surface area contributed by atoms with E-state index in [0.29, 0.717) is 13.2 Å². The van der Waals surface area contributed by atoms with E-state index in [1.54, 1.807) is 7.11 Å². The fraction of sp³-hybridized carbons (Fsp3) is 0.455. The van der Waals surface area contributed by atoms with Gasteiger partial charge in [-0.3, -0.25) is 0 Å². The standard InChI is InChI=1S/C11H17NO2/c1-3-14-11(8-12)9-4-6-10(13-2)7-5-9/h4-7,11H,3,8,12H2,1-2H3/t11-/m1/s1. The van der Waals surface area contributed by atoms with Gasteiger partial charge in [0.25, 0.3) is 0 Å². The van der Waals surface area contributed by atoms with Gasteiger partial charge in [-0.15, -0.1) is 0 Å². The van der Waals surface area contributed by atoms with Crippen LogP contribution in [0.1, 0.15) is 18.6 Å². The number of benzene rings is 1. The molecule has 1 rings (SSSR count). The van der Waals surface area contributed by atoms with Crippen molar-refractivity contribution in [2.75, 3.05) is 20.3 Å². The van der Waals surface area contributed by atoms with E-state index in [-0.39, 0.29) is 6.10 Å². The molecule has 0 amide bonds. The molecule has 0 unspecified atom stereocenters. The van der Waals surface area contributed by atoms with Crippen LogP contribution in [0.5, 0.6) is 5.75 Å². The molecule has 0 saturated carbocycles. The molecule has 0 radical (unpaired) electrons. The molecule has 0 saturated heterocycles. The predicted octanol–water partition coefficient (Wildman–Crippen LogP) is 1.73. The Balaban J connectivity index is 2.73. The van der Waals surface area contributed by atoms with Gasteiger partial charge in [-0.2, -0.15) is 0 Å². The zero-order valence-corrected chi connectivity index (χ0v) is 8.69. The molecule has 1 aromatic carbocycles. The summed E-state index contributed by atoms with van der Waals surface area (Å²) in [7, 11) is 1.65. The summed E-state index contributed by atoms with van der Waals surface area (Å²) >= 11 is 0. The summed E-state index contributed by atoms with van der Waals surface area (Å²) in [6, 6.07) is 7.78. The lowest BCUT2D eigenvalue weighted by atomic mass is 10.1. The molecular weight excluding hydrogens is 178 g/mol. The maximum atomic E-state index is 5.61. The van der Waals surface area contributed by atoms with Gasteiger partial charge in [-0.1, -0.05) is 12.1 Å². The van der Waals surface area contributed by atoms with Gasteiger partial charge >= 0.3 is 0 Å². The molecule has 0 spiro atoms. The second kappa shape index (κ2) is 5.62. The van der Waals surface area contributed by atoms with Gasteiger partial charge in [-0.05, 0) is 24.6 Å². The van der Waals surface area contributed by atoms with Crippen molar-refractivity contribution in [2.45, 2.75) is 13.0 Å². The summed E-state index contributed by atoms with van der Waals surface area (Å²) in [4.78, 5) is 0. The summed E-state index contributed by atoms with van der Waals surface area (Å²) in [6.45, 7) is 3.14. The molecule has 3 nitrogen and oxygen atoms in total. The smallest absolute Gasteiger partial charge is 0.118 e. The van der Waals surface area contributed by atoms with Crippen LogP contribution < -0.4 is 10.5 Å². The first-order chi connectivity index (χ1) is 6.81. The van der Waals surface area contributed by atoms with E-state index in [2.05, 4.69) is 0 Å². The lowest BCUT2D eigenvalue weighted by molar-refractivity contribution is 0.0688. The third-order valence-electron chi connectivity index (χ3n) is 2.07. The Kier molecular flexibility index (Phi) is 4.43. The third-order valence-corrected chi connectivity index (χ3v) is 2.07. The van der Waals surface area contributed by atoms with Crippen LogP contribution in [0.3, 0.4) is 0 Å². The highest BCUT2D eigenvalue weighted by Crippen LogP contribution is 2.19. The maximum Gasteiger partial charge on any atom is 0.118 e. The van der Waals surface area contributed by atoms with Crippen molar-refractivity contribution in [1.29, 1.82) is 0 Å². The third kappa shape index (κ3) is 2.72. The molecule has 78 valence electrons. The van der Waals surface area contributed by atoms with E-state index in [1.165, 1.54) is 0 Å². The van der Waals surface area contributed by atoms with Gasteiger partial charge in [0.2, 0.25) is 0 Å². The van der Waals surface area contributed by atoms with Crippen LogP contribution in [0.2, 0.25) is 0 Å². The summed E-state index contributed by atoms with van der Waals surface area (Å²) in [6.07, 6.45) is -0.00842. The van der Waals surface area contributed by atoms with Crippen molar-refractivity contribution in [3.8, 4) is 5.75 Å². The Bertz CT molecular complexity index is 258. The van der Waals surface area contributed by atoms with Crippen molar-refractivity contribution in [1.82, 2.24) is 0 Å². The van der Waals surface area contributed by atoms with E-state index < -0.39 is 0 Å². The van der Waals surface area contributed by atoms with Crippen LogP contribution in [0.25, 0.3) is 0 Å². The Labute approximate surface area is 84.8 Å². The first-order valence-electron chi connectivity index (χ1n) is 4.77. The minimum Gasteiger partial charge on any atom is -0.497 e. The summed E-state index contributed by atoms with van der Waals surface area (Å²) in [5.41, 5.74) is 6.70. The summed E-state index contributed by atoms with van der Waals surface area (Å²) in [5, 5.41) is 0. The molecule has 0 aliphatic carbocycles. The quantitative estimate of drug-likeness (QED) is 0.778. The fourth-order valence-corrected chi connectivity index (χ4v) is 1.32. The monoisotopic (exact) mass is 195 g/mol. The molecular formula is C11H17NO2. The molecule has 2 N–H and O–H groups in total. The molecule has 1 aromatic rings. The van der Waals surface area contributed by atoms with Crippen LogP contribution in [0, 0.1) is 0 Å². The Morgan fingerprint density at radius 3 is 2.36 bits per heavy atom. The number of hydrogen-bond donors (Lipinski definition) is 1. The molecule has 0 fully saturated rings. The topological polar surface area (TPSA) is 44.5 Å². The molecule has 0 aliphatic rings. The Hall–Kier alpha value is -1.06. The second-order valence-electron chi connectivity index (χ2n) is 2.95. The van der Waals surface area contributed by atoms with Crippen LogP contribution in [-0.2, 0) is 4.74 Å². The van der Waals surface area contributed by atoms with Gasteiger partial charge in [0.05, 0.1) is 13.2 Å². The molecule has 1 atom stereocenters. The number of methoxy groups -OCH3 is 1. The van der Waals surface area contributed by atoms with Gasteiger partial charge < -0.3 is 15.2 Å². The molecule has 0 aromatic heterocycles. The fourth-order valence-electron chi connectivity index (χ4n) is 1.32. The highest BCUT2D eigenvalue weighted by molar-refractivity contribution is 5.28. The zero-order chi connectivity index (χ0) is 10.4. The van der Waals surface area contributed by atoms with E-state index in [1.807, 2.05) is 31.2 Å². The number of rotatable bonds is 5. The summed E-state index contributed by atoms with van der Waals surface area (Å²) < 4.78 is 10.6. The molecule has 0 heterocycles. The first kappa shape index (κ1) is 11.0. The minimum atomic E-state index is -0.00842. The maximum absolute atomic E-state index is 5.61. The van der Waals surface area contributed by atoms with E-state index in [4.69, 9.17) is 15.2 Å². The Morgan fingerprint density at radius 2 is 1.93 bits per heavy atom. The van der Waals surface area contributed by atoms with Crippen molar-refractivity contribution in [2.24, 2.45) is 5.73 Å². The minimum absolute atomic E-state index is 0.00842. The molecule has 14 heavy (non-hydrogen) atoms. The highest BCUT2D eigenvalue weighted by Gasteiger charge is 2.08. The molecule has 0 bridgehead atoms. The lowest BCUT2D eigenvalue weighted by Gasteiger charge is -2.15. The van der Waals surface area contributed by atoms with Crippen molar-refractivity contribution in [3.05, 3.63) is 29.8 Å². The van der Waals surface area contributed by atoms with Crippen LogP contribution in [0.15, 0.2) is 24.3 Å². The van der Waals surface area contributed by atoms with Crippen LogP contribution in [-0.4, -0.2) is 20.3 Å². The summed E-state index contributed by atoms with van der Waals surface area (Å²) in [5.74, 6) is 0.848. The van der Waals surface area contributed by atoms with Gasteiger partial charge in [0.15, 0.2) is 0 Å². The number of nitrogens with two attached hydrogens (primary N) is 1. The van der Waals surface area contributed by atoms with Crippen molar-refractivity contribution < 1.29 is 9.47 Å². The van der Waals surface area contributed by atoms with Gasteiger partial charge in [0.1, 0.15) is 5.75 Å². The first-order valence-corrected chi connectivity index (χ1v) is 4.77. The van der Waals surface area contributed by atoms with E-state index in [0.717, 1.165) is 11.3 Å². The highest BCUT2D eigenvalue weighted by atomic mass is 16.5. The number of ether oxygens (including phenoxy) is 2. The zero-order valence-electron chi connectivity index (χ0n) is 8.69. The predicted molar refractivity (Wildman–Crippen MR) is 56.4 cm³/mol. The van der Waals surface area contributed by atoms with E-state index in [9.17, 15) is 0 Å². The van der Waals surface area contributed by atoms with E-state index >= 15 is 0 Å². The lowest BCUT2D eigenvalue weighted by Crippen LogP contribution is -2.15. The van der Waals surface area contributed by atoms with Crippen molar-refractivity contribution >= 4 is 0 Å². The van der Waals surface area contributed by atoms with Crippen LogP contribution >= 0.6 is 0 Å².